The molecule has 0 aliphatic carbocycles. The largest absolute Gasteiger partial charge is 0.401 e. The Bertz CT molecular complexity index is 459. The van der Waals surface area contributed by atoms with Crippen LogP contribution in [0.5, 0.6) is 0 Å². The van der Waals surface area contributed by atoms with Crippen LogP contribution >= 0.6 is 0 Å². The average Bonchev–Trinajstić information content (AvgIpc) is 2.44. The summed E-state index contributed by atoms with van der Waals surface area (Å²) < 4.78 is 37.2. The topological polar surface area (TPSA) is 15.3 Å². The quantitative estimate of drug-likeness (QED) is 0.917. The van der Waals surface area contributed by atoms with Crippen molar-refractivity contribution in [2.45, 2.75) is 38.4 Å². The fraction of sp³-hybridized carbons (Fsp3) is 0.625. The molecule has 1 heterocycles. The third-order valence-corrected chi connectivity index (χ3v) is 4.08. The van der Waals surface area contributed by atoms with Crippen molar-refractivity contribution in [3.8, 4) is 0 Å². The van der Waals surface area contributed by atoms with Crippen LogP contribution in [0.2, 0.25) is 0 Å². The maximum Gasteiger partial charge on any atom is 0.401 e. The van der Waals surface area contributed by atoms with E-state index in [2.05, 4.69) is 29.3 Å². The number of hydrogen-bond donors (Lipinski definition) is 1. The second-order valence-electron chi connectivity index (χ2n) is 5.89. The summed E-state index contributed by atoms with van der Waals surface area (Å²) >= 11 is 0. The lowest BCUT2D eigenvalue weighted by molar-refractivity contribution is -0.127. The number of likely N-dealkylation sites (tertiary alicyclic amines) is 1. The second-order valence-corrected chi connectivity index (χ2v) is 5.89. The lowest BCUT2D eigenvalue weighted by Gasteiger charge is -2.38. The van der Waals surface area contributed by atoms with Crippen LogP contribution in [-0.4, -0.2) is 43.3 Å². The highest BCUT2D eigenvalue weighted by Gasteiger charge is 2.32. The van der Waals surface area contributed by atoms with E-state index in [0.717, 1.165) is 19.5 Å². The van der Waals surface area contributed by atoms with Gasteiger partial charge in [-0.25, -0.2) is 0 Å². The summed E-state index contributed by atoms with van der Waals surface area (Å²) in [6.45, 7) is 5.67. The maximum absolute atomic E-state index is 12.4. The fourth-order valence-corrected chi connectivity index (χ4v) is 3.02. The molecule has 0 spiro atoms. The smallest absolute Gasteiger partial charge is 0.305 e. The summed E-state index contributed by atoms with van der Waals surface area (Å²) in [5.41, 5.74) is 2.42. The molecule has 21 heavy (non-hydrogen) atoms. The third-order valence-electron chi connectivity index (χ3n) is 4.08. The molecule has 2 nitrogen and oxygen atoms in total. The molecule has 5 heteroatoms. The van der Waals surface area contributed by atoms with Gasteiger partial charge in [0.05, 0.1) is 6.54 Å². The summed E-state index contributed by atoms with van der Waals surface area (Å²) in [4.78, 5) is 2.23. The Morgan fingerprint density at radius 3 is 2.67 bits per heavy atom. The SMILES string of the molecule is CCN1CC(NCC(F)(F)F)CC(c2cccc(C)c2)C1. The number of halogens is 3. The Kier molecular flexibility index (Phi) is 5.27. The fourth-order valence-electron chi connectivity index (χ4n) is 3.02. The Morgan fingerprint density at radius 1 is 1.29 bits per heavy atom. The van der Waals surface area contributed by atoms with E-state index in [0.29, 0.717) is 12.5 Å². The molecule has 0 saturated carbocycles. The maximum atomic E-state index is 12.4. The van der Waals surface area contributed by atoms with E-state index in [1.807, 2.05) is 19.1 Å². The molecule has 118 valence electrons. The minimum absolute atomic E-state index is 0.106. The van der Waals surface area contributed by atoms with Gasteiger partial charge in [0.1, 0.15) is 0 Å². The lowest BCUT2D eigenvalue weighted by atomic mass is 9.87. The van der Waals surface area contributed by atoms with Crippen molar-refractivity contribution < 1.29 is 13.2 Å². The average molecular weight is 300 g/mol. The van der Waals surface area contributed by atoms with E-state index < -0.39 is 12.7 Å². The second kappa shape index (κ2) is 6.79. The highest BCUT2D eigenvalue weighted by atomic mass is 19.4. The summed E-state index contributed by atoms with van der Waals surface area (Å²) in [7, 11) is 0. The predicted octanol–water partition coefficient (Wildman–Crippen LogP) is 3.32. The molecule has 0 radical (unpaired) electrons. The van der Waals surface area contributed by atoms with Gasteiger partial charge in [-0.15, -0.1) is 0 Å². The highest BCUT2D eigenvalue weighted by Crippen LogP contribution is 2.28. The van der Waals surface area contributed by atoms with Gasteiger partial charge in [0.2, 0.25) is 0 Å². The highest BCUT2D eigenvalue weighted by molar-refractivity contribution is 5.26. The van der Waals surface area contributed by atoms with Crippen LogP contribution < -0.4 is 5.32 Å². The molecule has 1 aromatic rings. The van der Waals surface area contributed by atoms with E-state index in [1.54, 1.807) is 0 Å². The Morgan fingerprint density at radius 2 is 2.05 bits per heavy atom. The first-order valence-electron chi connectivity index (χ1n) is 7.46. The van der Waals surface area contributed by atoms with Crippen LogP contribution in [-0.2, 0) is 0 Å². The molecule has 1 fully saturated rings. The Labute approximate surface area is 124 Å². The van der Waals surface area contributed by atoms with Crippen molar-refractivity contribution in [3.63, 3.8) is 0 Å². The molecule has 1 aliphatic rings. The molecule has 0 bridgehead atoms. The van der Waals surface area contributed by atoms with Crippen LogP contribution in [0.3, 0.4) is 0 Å². The van der Waals surface area contributed by atoms with E-state index in [-0.39, 0.29) is 6.04 Å². The number of hydrogen-bond acceptors (Lipinski definition) is 2. The van der Waals surface area contributed by atoms with Gasteiger partial charge >= 0.3 is 6.18 Å². The number of likely N-dealkylation sites (N-methyl/N-ethyl adjacent to an activating group) is 1. The molecule has 2 unspecified atom stereocenters. The number of nitrogens with zero attached hydrogens (tertiary/aromatic N) is 1. The first-order valence-corrected chi connectivity index (χ1v) is 7.46. The molecular weight excluding hydrogens is 277 g/mol. The van der Waals surface area contributed by atoms with Crippen molar-refractivity contribution in [1.82, 2.24) is 10.2 Å². The minimum atomic E-state index is -4.15. The molecule has 1 N–H and O–H groups in total. The lowest BCUT2D eigenvalue weighted by Crippen LogP contribution is -2.50. The number of benzene rings is 1. The van der Waals surface area contributed by atoms with Crippen molar-refractivity contribution >= 4 is 0 Å². The Hall–Kier alpha value is -1.07. The van der Waals surface area contributed by atoms with Crippen LogP contribution in [0.25, 0.3) is 0 Å². The summed E-state index contributed by atoms with van der Waals surface area (Å²) in [5, 5.41) is 2.67. The molecule has 1 saturated heterocycles. The van der Waals surface area contributed by atoms with Gasteiger partial charge in [0.15, 0.2) is 0 Å². The first kappa shape index (κ1) is 16.3. The molecule has 2 atom stereocenters. The number of rotatable bonds is 4. The minimum Gasteiger partial charge on any atom is -0.305 e. The summed E-state index contributed by atoms with van der Waals surface area (Å²) in [5.74, 6) is 0.296. The summed E-state index contributed by atoms with van der Waals surface area (Å²) in [6, 6.07) is 8.19. The number of nitrogens with one attached hydrogen (secondary N) is 1. The zero-order valence-electron chi connectivity index (χ0n) is 12.6. The van der Waals surface area contributed by atoms with Gasteiger partial charge in [-0.3, -0.25) is 0 Å². The van der Waals surface area contributed by atoms with Crippen LogP contribution in [0, 0.1) is 6.92 Å². The number of piperidine rings is 1. The van der Waals surface area contributed by atoms with E-state index in [9.17, 15) is 13.2 Å². The molecular formula is C16H23F3N2. The van der Waals surface area contributed by atoms with E-state index in [4.69, 9.17) is 0 Å². The van der Waals surface area contributed by atoms with Crippen LogP contribution in [0.4, 0.5) is 13.2 Å². The Balaban J connectivity index is 2.05. The molecule has 1 aliphatic heterocycles. The van der Waals surface area contributed by atoms with E-state index in [1.165, 1.54) is 11.1 Å². The van der Waals surface area contributed by atoms with Crippen molar-refractivity contribution in [2.75, 3.05) is 26.2 Å². The predicted molar refractivity (Wildman–Crippen MR) is 78.5 cm³/mol. The van der Waals surface area contributed by atoms with Gasteiger partial charge in [-0.2, -0.15) is 13.2 Å². The third kappa shape index (κ3) is 5.00. The van der Waals surface area contributed by atoms with Crippen LogP contribution in [0.1, 0.15) is 30.4 Å². The molecule has 2 rings (SSSR count). The number of alkyl halides is 3. The normalized spacial score (nSPS) is 24.2. The van der Waals surface area contributed by atoms with Gasteiger partial charge in [-0.05, 0) is 31.4 Å². The molecule has 1 aromatic carbocycles. The molecule has 0 aromatic heterocycles. The molecule has 0 amide bonds. The van der Waals surface area contributed by atoms with Gasteiger partial charge in [0, 0.05) is 19.1 Å². The first-order chi connectivity index (χ1) is 9.87. The van der Waals surface area contributed by atoms with Gasteiger partial charge < -0.3 is 10.2 Å². The zero-order chi connectivity index (χ0) is 15.5. The van der Waals surface area contributed by atoms with Gasteiger partial charge in [-0.1, -0.05) is 36.8 Å². The van der Waals surface area contributed by atoms with Crippen molar-refractivity contribution in [1.29, 1.82) is 0 Å². The monoisotopic (exact) mass is 300 g/mol. The van der Waals surface area contributed by atoms with Gasteiger partial charge in [0.25, 0.3) is 0 Å². The summed E-state index contributed by atoms with van der Waals surface area (Å²) in [6.07, 6.45) is -3.39. The zero-order valence-corrected chi connectivity index (χ0v) is 12.6. The van der Waals surface area contributed by atoms with Crippen LogP contribution in [0.15, 0.2) is 24.3 Å². The van der Waals surface area contributed by atoms with E-state index >= 15 is 0 Å². The van der Waals surface area contributed by atoms with Crippen molar-refractivity contribution in [3.05, 3.63) is 35.4 Å². The number of aryl methyl sites for hydroxylation is 1. The standard InChI is InChI=1S/C16H23F3N2/c1-3-21-9-14(13-6-4-5-12(2)7-13)8-15(10-21)20-11-16(17,18)19/h4-7,14-15,20H,3,8-11H2,1-2H3. The van der Waals surface area contributed by atoms with Crippen molar-refractivity contribution in [2.24, 2.45) is 0 Å².